The molecule has 1 aliphatic rings. The van der Waals surface area contributed by atoms with Crippen molar-refractivity contribution in [2.75, 3.05) is 26.6 Å². The summed E-state index contributed by atoms with van der Waals surface area (Å²) in [5.41, 5.74) is 2.67. The highest BCUT2D eigenvalue weighted by atomic mass is 35.5. The van der Waals surface area contributed by atoms with Gasteiger partial charge in [0, 0.05) is 25.6 Å². The Morgan fingerprint density at radius 1 is 1.30 bits per heavy atom. The van der Waals surface area contributed by atoms with Crippen LogP contribution in [-0.2, 0) is 14.4 Å². The van der Waals surface area contributed by atoms with Crippen molar-refractivity contribution < 1.29 is 23.9 Å². The standard InChI is InChI=1S/C14H16ClN3O5/c1-18-14(21)7(13(20)17-18)4-12(19)16-9-6-10(22-2)8(15)5-11(9)23-3/h5-7H,4H2,1-3H3,(H,16,19)(H,17,20). The van der Waals surface area contributed by atoms with Crippen molar-refractivity contribution in [1.29, 1.82) is 0 Å². The van der Waals surface area contributed by atoms with Gasteiger partial charge in [0.15, 0.2) is 0 Å². The minimum Gasteiger partial charge on any atom is -0.495 e. The number of hydrogen-bond donors (Lipinski definition) is 2. The molecule has 0 aliphatic carbocycles. The number of anilines is 1. The van der Waals surface area contributed by atoms with Crippen LogP contribution in [0.4, 0.5) is 5.69 Å². The molecule has 9 heteroatoms. The van der Waals surface area contributed by atoms with E-state index in [-0.39, 0.29) is 6.42 Å². The minimum atomic E-state index is -1.04. The third-order valence-corrected chi connectivity index (χ3v) is 3.66. The largest absolute Gasteiger partial charge is 0.495 e. The minimum absolute atomic E-state index is 0.275. The van der Waals surface area contributed by atoms with Gasteiger partial charge in [-0.25, -0.2) is 0 Å². The van der Waals surface area contributed by atoms with Crippen molar-refractivity contribution in [3.63, 3.8) is 0 Å². The summed E-state index contributed by atoms with van der Waals surface area (Å²) >= 11 is 5.99. The predicted molar refractivity (Wildman–Crippen MR) is 82.2 cm³/mol. The first-order chi connectivity index (χ1) is 10.9. The average Bonchev–Trinajstić information content (AvgIpc) is 2.75. The highest BCUT2D eigenvalue weighted by molar-refractivity contribution is 6.32. The summed E-state index contributed by atoms with van der Waals surface area (Å²) in [5, 5.41) is 3.98. The lowest BCUT2D eigenvalue weighted by molar-refractivity contribution is -0.134. The molecule has 1 aromatic carbocycles. The van der Waals surface area contributed by atoms with Crippen molar-refractivity contribution in [3.8, 4) is 11.5 Å². The van der Waals surface area contributed by atoms with Gasteiger partial charge in [0.2, 0.25) is 5.91 Å². The zero-order valence-corrected chi connectivity index (χ0v) is 13.6. The van der Waals surface area contributed by atoms with E-state index in [0.717, 1.165) is 5.01 Å². The highest BCUT2D eigenvalue weighted by Crippen LogP contribution is 2.36. The maximum atomic E-state index is 12.1. The van der Waals surface area contributed by atoms with Crippen molar-refractivity contribution in [2.45, 2.75) is 6.42 Å². The number of nitrogens with zero attached hydrogens (tertiary/aromatic N) is 1. The number of methoxy groups -OCH3 is 2. The van der Waals surface area contributed by atoms with Gasteiger partial charge in [0.05, 0.1) is 24.9 Å². The number of ether oxygens (including phenoxy) is 2. The van der Waals surface area contributed by atoms with Crippen molar-refractivity contribution in [2.24, 2.45) is 5.92 Å². The molecule has 1 unspecified atom stereocenters. The van der Waals surface area contributed by atoms with Gasteiger partial charge in [-0.2, -0.15) is 0 Å². The monoisotopic (exact) mass is 341 g/mol. The van der Waals surface area contributed by atoms with Crippen LogP contribution < -0.4 is 20.2 Å². The van der Waals surface area contributed by atoms with E-state index in [9.17, 15) is 14.4 Å². The van der Waals surface area contributed by atoms with E-state index >= 15 is 0 Å². The zero-order valence-electron chi connectivity index (χ0n) is 12.8. The van der Waals surface area contributed by atoms with Crippen molar-refractivity contribution in [3.05, 3.63) is 17.2 Å². The Labute approximate surface area is 137 Å². The number of amides is 3. The summed E-state index contributed by atoms with van der Waals surface area (Å²) in [6.45, 7) is 0. The van der Waals surface area contributed by atoms with Gasteiger partial charge in [-0.15, -0.1) is 0 Å². The van der Waals surface area contributed by atoms with Gasteiger partial charge < -0.3 is 14.8 Å². The van der Waals surface area contributed by atoms with Gasteiger partial charge in [0.25, 0.3) is 11.8 Å². The number of carbonyl (C=O) groups excluding carboxylic acids is 3. The van der Waals surface area contributed by atoms with Crippen molar-refractivity contribution in [1.82, 2.24) is 10.4 Å². The van der Waals surface area contributed by atoms with Gasteiger partial charge in [0.1, 0.15) is 17.4 Å². The summed E-state index contributed by atoms with van der Waals surface area (Å²) in [6.07, 6.45) is -0.275. The molecule has 1 heterocycles. The fraction of sp³-hybridized carbons (Fsp3) is 0.357. The number of rotatable bonds is 5. The van der Waals surface area contributed by atoms with Crippen LogP contribution in [0.1, 0.15) is 6.42 Å². The maximum Gasteiger partial charge on any atom is 0.253 e. The molecule has 1 aliphatic heterocycles. The topological polar surface area (TPSA) is 97.0 Å². The summed E-state index contributed by atoms with van der Waals surface area (Å²) in [6, 6.07) is 3.00. The smallest absolute Gasteiger partial charge is 0.253 e. The summed E-state index contributed by atoms with van der Waals surface area (Å²) in [7, 11) is 4.29. The lowest BCUT2D eigenvalue weighted by atomic mass is 10.0. The number of halogens is 1. The van der Waals surface area contributed by atoms with E-state index in [1.54, 1.807) is 0 Å². The number of carbonyl (C=O) groups is 3. The van der Waals surface area contributed by atoms with Crippen LogP contribution in [0.2, 0.25) is 5.02 Å². The van der Waals surface area contributed by atoms with Crippen LogP contribution in [-0.4, -0.2) is 44.0 Å². The molecule has 0 radical (unpaired) electrons. The Morgan fingerprint density at radius 3 is 2.48 bits per heavy atom. The third-order valence-electron chi connectivity index (χ3n) is 3.36. The van der Waals surface area contributed by atoms with E-state index in [1.165, 1.54) is 33.4 Å². The van der Waals surface area contributed by atoms with Crippen molar-refractivity contribution >= 4 is 35.0 Å². The Balaban J connectivity index is 2.14. The van der Waals surface area contributed by atoms with Gasteiger partial charge in [-0.1, -0.05) is 11.6 Å². The molecule has 3 amide bonds. The SMILES string of the molecule is COc1cc(NC(=O)CC2C(=O)NN(C)C2=O)c(OC)cc1Cl. The molecule has 124 valence electrons. The van der Waals surface area contributed by atoms with Crippen LogP contribution in [0, 0.1) is 5.92 Å². The first-order valence-electron chi connectivity index (χ1n) is 6.66. The first kappa shape index (κ1) is 16.9. The Hall–Kier alpha value is -2.48. The molecule has 0 bridgehead atoms. The van der Waals surface area contributed by atoms with E-state index in [2.05, 4.69) is 10.7 Å². The highest BCUT2D eigenvalue weighted by Gasteiger charge is 2.38. The molecule has 0 spiro atoms. The van der Waals surface area contributed by atoms with Crippen LogP contribution in [0.3, 0.4) is 0 Å². The summed E-state index contributed by atoms with van der Waals surface area (Å²) in [4.78, 5) is 35.5. The molecule has 0 saturated carbocycles. The normalized spacial score (nSPS) is 17.0. The lowest BCUT2D eigenvalue weighted by Crippen LogP contribution is -2.31. The number of hydrazine groups is 1. The zero-order chi connectivity index (χ0) is 17.1. The lowest BCUT2D eigenvalue weighted by Gasteiger charge is -2.13. The molecule has 2 rings (SSSR count). The quantitative estimate of drug-likeness (QED) is 0.772. The number of benzene rings is 1. The Morgan fingerprint density at radius 2 is 1.96 bits per heavy atom. The molecular formula is C14H16ClN3O5. The molecule has 1 atom stereocenters. The van der Waals surface area contributed by atoms with Crippen LogP contribution >= 0.6 is 11.6 Å². The van der Waals surface area contributed by atoms with E-state index in [0.29, 0.717) is 22.2 Å². The fourth-order valence-electron chi connectivity index (χ4n) is 2.17. The van der Waals surface area contributed by atoms with Crippen LogP contribution in [0.25, 0.3) is 0 Å². The molecule has 2 N–H and O–H groups in total. The van der Waals surface area contributed by atoms with Gasteiger partial charge in [-0.3, -0.25) is 24.8 Å². The molecule has 1 aromatic rings. The summed E-state index contributed by atoms with van der Waals surface area (Å²) in [5.74, 6) is -1.81. The number of nitrogens with one attached hydrogen (secondary N) is 2. The second kappa shape index (κ2) is 6.74. The number of hydrogen-bond acceptors (Lipinski definition) is 5. The second-order valence-corrected chi connectivity index (χ2v) is 5.27. The van der Waals surface area contributed by atoms with Gasteiger partial charge in [-0.05, 0) is 0 Å². The van der Waals surface area contributed by atoms with Crippen LogP contribution in [0.5, 0.6) is 11.5 Å². The Bertz CT molecular complexity index is 664. The molecule has 0 aromatic heterocycles. The first-order valence-corrected chi connectivity index (χ1v) is 7.04. The molecule has 1 saturated heterocycles. The van der Waals surface area contributed by atoms with E-state index in [4.69, 9.17) is 21.1 Å². The Kier molecular flexibility index (Phi) is 4.95. The third kappa shape index (κ3) is 3.48. The fourth-order valence-corrected chi connectivity index (χ4v) is 2.40. The average molecular weight is 342 g/mol. The predicted octanol–water partition coefficient (Wildman–Crippen LogP) is 0.805. The molecular weight excluding hydrogens is 326 g/mol. The second-order valence-electron chi connectivity index (χ2n) is 4.87. The molecule has 1 fully saturated rings. The van der Waals surface area contributed by atoms with E-state index < -0.39 is 23.6 Å². The molecule has 23 heavy (non-hydrogen) atoms. The maximum absolute atomic E-state index is 12.1. The van der Waals surface area contributed by atoms with Crippen LogP contribution in [0.15, 0.2) is 12.1 Å². The molecule has 8 nitrogen and oxygen atoms in total. The summed E-state index contributed by atoms with van der Waals surface area (Å²) < 4.78 is 10.2. The van der Waals surface area contributed by atoms with Gasteiger partial charge >= 0.3 is 0 Å². The van der Waals surface area contributed by atoms with E-state index in [1.807, 2.05) is 0 Å².